The van der Waals surface area contributed by atoms with Gasteiger partial charge in [0, 0.05) is 0 Å². The van der Waals surface area contributed by atoms with Gasteiger partial charge in [-0.2, -0.15) is 0 Å². The van der Waals surface area contributed by atoms with Crippen molar-refractivity contribution in [3.8, 4) is 5.75 Å². The van der Waals surface area contributed by atoms with E-state index in [1.165, 1.54) is 5.56 Å². The van der Waals surface area contributed by atoms with Crippen LogP contribution in [0.2, 0.25) is 0 Å². The molecule has 0 heterocycles. The van der Waals surface area contributed by atoms with Crippen molar-refractivity contribution in [2.45, 2.75) is 31.0 Å². The molecule has 0 radical (unpaired) electrons. The number of ether oxygens (including phenoxy) is 1. The van der Waals surface area contributed by atoms with E-state index in [-0.39, 0.29) is 5.41 Å². The normalized spacial score (nSPS) is 11.6. The van der Waals surface area contributed by atoms with Gasteiger partial charge in [0.1, 0.15) is 5.75 Å². The van der Waals surface area contributed by atoms with Crippen LogP contribution in [0.5, 0.6) is 5.75 Å². The molecule has 0 unspecified atom stereocenters. The van der Waals surface area contributed by atoms with Crippen molar-refractivity contribution in [3.63, 3.8) is 0 Å². The number of carbonyl (C=O) groups excluding carboxylic acids is 1. The zero-order chi connectivity index (χ0) is 12.3. The minimum atomic E-state index is -1.15. The summed E-state index contributed by atoms with van der Waals surface area (Å²) in [6, 6.07) is 7.30. The van der Waals surface area contributed by atoms with E-state index < -0.39 is 10.8 Å². The molecule has 0 aliphatic rings. The SMILES string of the molecule is CC(C)(C)c1ccc(OC(=O)C(Cl)Cl)cc1. The van der Waals surface area contributed by atoms with E-state index in [1.54, 1.807) is 12.1 Å². The minimum absolute atomic E-state index is 0.0735. The van der Waals surface area contributed by atoms with Gasteiger partial charge in [0.05, 0.1) is 0 Å². The van der Waals surface area contributed by atoms with Crippen molar-refractivity contribution in [2.75, 3.05) is 0 Å². The summed E-state index contributed by atoms with van der Waals surface area (Å²) in [5, 5.41) is 0. The van der Waals surface area contributed by atoms with Gasteiger partial charge < -0.3 is 4.74 Å². The summed E-state index contributed by atoms with van der Waals surface area (Å²) in [7, 11) is 0. The second-order valence-electron chi connectivity index (χ2n) is 4.50. The second-order valence-corrected chi connectivity index (χ2v) is 5.59. The first-order valence-electron chi connectivity index (χ1n) is 4.91. The van der Waals surface area contributed by atoms with Crippen LogP contribution >= 0.6 is 23.2 Å². The van der Waals surface area contributed by atoms with Gasteiger partial charge in [-0.05, 0) is 23.1 Å². The highest BCUT2D eigenvalue weighted by molar-refractivity contribution is 6.53. The lowest BCUT2D eigenvalue weighted by atomic mass is 9.87. The van der Waals surface area contributed by atoms with Crippen LogP contribution in [0.1, 0.15) is 26.3 Å². The Labute approximate surface area is 106 Å². The van der Waals surface area contributed by atoms with Crippen molar-refractivity contribution in [1.82, 2.24) is 0 Å². The average Bonchev–Trinajstić information content (AvgIpc) is 2.17. The van der Waals surface area contributed by atoms with Crippen LogP contribution in [0.4, 0.5) is 0 Å². The average molecular weight is 261 g/mol. The molecule has 1 rings (SSSR count). The van der Waals surface area contributed by atoms with E-state index >= 15 is 0 Å². The zero-order valence-electron chi connectivity index (χ0n) is 9.46. The number of hydrogen-bond acceptors (Lipinski definition) is 2. The van der Waals surface area contributed by atoms with E-state index in [0.717, 1.165) is 0 Å². The molecule has 4 heteroatoms. The lowest BCUT2D eigenvalue weighted by molar-refractivity contribution is -0.132. The predicted molar refractivity (Wildman–Crippen MR) is 66.3 cm³/mol. The van der Waals surface area contributed by atoms with Gasteiger partial charge in [-0.3, -0.25) is 0 Å². The maximum atomic E-state index is 11.1. The van der Waals surface area contributed by atoms with Crippen LogP contribution in [0.3, 0.4) is 0 Å². The highest BCUT2D eigenvalue weighted by Gasteiger charge is 2.16. The van der Waals surface area contributed by atoms with E-state index in [9.17, 15) is 4.79 Å². The highest BCUT2D eigenvalue weighted by atomic mass is 35.5. The summed E-state index contributed by atoms with van der Waals surface area (Å²) in [4.78, 5) is 9.96. The molecule has 0 bridgehead atoms. The number of alkyl halides is 2. The van der Waals surface area contributed by atoms with Crippen molar-refractivity contribution in [1.29, 1.82) is 0 Å². The number of rotatable bonds is 2. The molecular weight excluding hydrogens is 247 g/mol. The highest BCUT2D eigenvalue weighted by Crippen LogP contribution is 2.24. The maximum absolute atomic E-state index is 11.1. The molecule has 0 N–H and O–H groups in total. The largest absolute Gasteiger partial charge is 0.425 e. The molecule has 1 aromatic carbocycles. The van der Waals surface area contributed by atoms with E-state index in [1.807, 2.05) is 12.1 Å². The Morgan fingerprint density at radius 3 is 2.06 bits per heavy atom. The maximum Gasteiger partial charge on any atom is 0.344 e. The van der Waals surface area contributed by atoms with Gasteiger partial charge in [-0.15, -0.1) is 0 Å². The summed E-state index contributed by atoms with van der Waals surface area (Å²) < 4.78 is 4.94. The van der Waals surface area contributed by atoms with Crippen LogP contribution in [-0.2, 0) is 10.2 Å². The zero-order valence-corrected chi connectivity index (χ0v) is 11.0. The summed E-state index contributed by atoms with van der Waals surface area (Å²) in [5.41, 5.74) is 1.24. The molecule has 0 aromatic heterocycles. The van der Waals surface area contributed by atoms with Crippen LogP contribution < -0.4 is 4.74 Å². The quantitative estimate of drug-likeness (QED) is 0.461. The van der Waals surface area contributed by atoms with E-state index in [0.29, 0.717) is 5.75 Å². The van der Waals surface area contributed by atoms with Crippen LogP contribution in [0.25, 0.3) is 0 Å². The molecule has 0 saturated carbocycles. The summed E-state index contributed by atoms with van der Waals surface area (Å²) in [6.45, 7) is 6.34. The Bertz CT molecular complexity index is 364. The van der Waals surface area contributed by atoms with Gasteiger partial charge in [-0.1, -0.05) is 56.1 Å². The molecule has 0 spiro atoms. The van der Waals surface area contributed by atoms with Gasteiger partial charge in [0.2, 0.25) is 4.84 Å². The molecule has 0 saturated heterocycles. The number of halogens is 2. The number of esters is 1. The molecular formula is C12H14Cl2O2. The Morgan fingerprint density at radius 1 is 1.19 bits per heavy atom. The fourth-order valence-electron chi connectivity index (χ4n) is 1.18. The second kappa shape index (κ2) is 5.07. The third-order valence-corrected chi connectivity index (χ3v) is 2.47. The molecule has 0 aliphatic carbocycles. The Hall–Kier alpha value is -0.730. The van der Waals surface area contributed by atoms with Gasteiger partial charge in [0.25, 0.3) is 0 Å². The summed E-state index contributed by atoms with van der Waals surface area (Å²) in [6.07, 6.45) is 0. The lowest BCUT2D eigenvalue weighted by Crippen LogP contribution is -2.16. The van der Waals surface area contributed by atoms with Gasteiger partial charge in [-0.25, -0.2) is 4.79 Å². The summed E-state index contributed by atoms with van der Waals surface area (Å²) >= 11 is 10.7. The molecule has 0 aliphatic heterocycles. The molecule has 0 amide bonds. The van der Waals surface area contributed by atoms with Gasteiger partial charge >= 0.3 is 5.97 Å². The third-order valence-electron chi connectivity index (χ3n) is 2.12. The third kappa shape index (κ3) is 3.69. The first kappa shape index (κ1) is 13.3. The first-order valence-corrected chi connectivity index (χ1v) is 5.78. The predicted octanol–water partition coefficient (Wildman–Crippen LogP) is 3.69. The topological polar surface area (TPSA) is 26.3 Å². The van der Waals surface area contributed by atoms with Crippen molar-refractivity contribution in [3.05, 3.63) is 29.8 Å². The fraction of sp³-hybridized carbons (Fsp3) is 0.417. The standard InChI is InChI=1S/C12H14Cl2O2/c1-12(2,3)8-4-6-9(7-5-8)16-11(15)10(13)14/h4-7,10H,1-3H3. The molecule has 16 heavy (non-hydrogen) atoms. The number of benzene rings is 1. The molecule has 1 aromatic rings. The smallest absolute Gasteiger partial charge is 0.344 e. The van der Waals surface area contributed by atoms with Crippen molar-refractivity contribution in [2.24, 2.45) is 0 Å². The van der Waals surface area contributed by atoms with Crippen LogP contribution in [0, 0.1) is 0 Å². The Kier molecular flexibility index (Phi) is 4.22. The Balaban J connectivity index is 2.76. The van der Waals surface area contributed by atoms with Crippen LogP contribution in [-0.4, -0.2) is 10.8 Å². The number of hydrogen-bond donors (Lipinski definition) is 0. The van der Waals surface area contributed by atoms with Crippen molar-refractivity contribution < 1.29 is 9.53 Å². The van der Waals surface area contributed by atoms with E-state index in [2.05, 4.69) is 20.8 Å². The number of carbonyl (C=O) groups is 1. The molecule has 2 nitrogen and oxygen atoms in total. The fourth-order valence-corrected chi connectivity index (χ4v) is 1.27. The molecule has 88 valence electrons. The lowest BCUT2D eigenvalue weighted by Gasteiger charge is -2.19. The van der Waals surface area contributed by atoms with E-state index in [4.69, 9.17) is 27.9 Å². The van der Waals surface area contributed by atoms with Gasteiger partial charge in [0.15, 0.2) is 0 Å². The monoisotopic (exact) mass is 260 g/mol. The minimum Gasteiger partial charge on any atom is -0.425 e. The molecule has 0 fully saturated rings. The summed E-state index contributed by atoms with van der Waals surface area (Å²) in [5.74, 6) is -0.212. The Morgan fingerprint density at radius 2 is 1.69 bits per heavy atom. The van der Waals surface area contributed by atoms with Crippen LogP contribution in [0.15, 0.2) is 24.3 Å². The van der Waals surface area contributed by atoms with Crippen molar-refractivity contribution >= 4 is 29.2 Å². The first-order chi connectivity index (χ1) is 7.30. The molecule has 0 atom stereocenters.